The number of fused-ring (bicyclic) bond motifs is 3. The molecule has 0 aliphatic heterocycles. The molecule has 0 saturated heterocycles. The second-order valence-corrected chi connectivity index (χ2v) is 3.36. The maximum absolute atomic E-state index is 9.74. The lowest BCUT2D eigenvalue weighted by molar-refractivity contribution is 0.467. The van der Waals surface area contributed by atoms with E-state index in [1.807, 2.05) is 18.3 Å². The molecule has 74 valence electrons. The number of aromatic nitrogens is 2. The van der Waals surface area contributed by atoms with Gasteiger partial charge < -0.3 is 14.6 Å². The third kappa shape index (κ3) is 0.985. The van der Waals surface area contributed by atoms with Crippen molar-refractivity contribution in [3.8, 4) is 11.5 Å². The Morgan fingerprint density at radius 2 is 1.87 bits per heavy atom. The van der Waals surface area contributed by atoms with Crippen molar-refractivity contribution < 1.29 is 10.2 Å². The van der Waals surface area contributed by atoms with Crippen molar-refractivity contribution in [3.05, 3.63) is 36.7 Å². The molecular formula is C11H8N2O2. The van der Waals surface area contributed by atoms with E-state index in [1.165, 1.54) is 12.1 Å². The van der Waals surface area contributed by atoms with Crippen LogP contribution in [0.25, 0.3) is 16.6 Å². The van der Waals surface area contributed by atoms with E-state index in [9.17, 15) is 10.2 Å². The molecule has 0 amide bonds. The van der Waals surface area contributed by atoms with E-state index in [0.29, 0.717) is 11.0 Å². The number of benzene rings is 1. The van der Waals surface area contributed by atoms with E-state index in [0.717, 1.165) is 5.52 Å². The fourth-order valence-corrected chi connectivity index (χ4v) is 1.76. The Balaban J connectivity index is 2.67. The Morgan fingerprint density at radius 3 is 2.73 bits per heavy atom. The van der Waals surface area contributed by atoms with Crippen molar-refractivity contribution in [2.75, 3.05) is 0 Å². The lowest BCUT2D eigenvalue weighted by atomic mass is 10.2. The molecule has 0 aliphatic carbocycles. The van der Waals surface area contributed by atoms with Crippen molar-refractivity contribution in [1.82, 2.24) is 9.38 Å². The summed E-state index contributed by atoms with van der Waals surface area (Å²) in [6.45, 7) is 0. The van der Waals surface area contributed by atoms with Crippen LogP contribution in [-0.2, 0) is 0 Å². The number of hydrogen-bond donors (Lipinski definition) is 2. The molecule has 0 atom stereocenters. The minimum atomic E-state index is 0.0680. The number of phenols is 2. The molecule has 15 heavy (non-hydrogen) atoms. The van der Waals surface area contributed by atoms with Gasteiger partial charge in [0.05, 0.1) is 11.7 Å². The molecule has 0 saturated carbocycles. The fourth-order valence-electron chi connectivity index (χ4n) is 1.76. The molecule has 0 aliphatic rings. The average molecular weight is 200 g/mol. The Kier molecular flexibility index (Phi) is 1.42. The van der Waals surface area contributed by atoms with Crippen molar-refractivity contribution in [2.24, 2.45) is 0 Å². The van der Waals surface area contributed by atoms with Gasteiger partial charge in [-0.05, 0) is 24.3 Å². The summed E-state index contributed by atoms with van der Waals surface area (Å²) in [6.07, 6.45) is 3.47. The minimum absolute atomic E-state index is 0.0680. The summed E-state index contributed by atoms with van der Waals surface area (Å²) in [7, 11) is 0. The molecule has 4 heteroatoms. The fraction of sp³-hybridized carbons (Fsp3) is 0. The molecule has 0 unspecified atom stereocenters. The smallest absolute Gasteiger partial charge is 0.143 e. The summed E-state index contributed by atoms with van der Waals surface area (Å²) in [4.78, 5) is 4.11. The largest absolute Gasteiger partial charge is 0.506 e. The van der Waals surface area contributed by atoms with Crippen LogP contribution in [0.1, 0.15) is 0 Å². The van der Waals surface area contributed by atoms with Gasteiger partial charge >= 0.3 is 0 Å². The van der Waals surface area contributed by atoms with Crippen LogP contribution in [0.5, 0.6) is 11.5 Å². The van der Waals surface area contributed by atoms with Gasteiger partial charge in [0.1, 0.15) is 22.5 Å². The monoisotopic (exact) mass is 200 g/mol. The number of nitrogens with zero attached hydrogens (tertiary/aromatic N) is 2. The highest BCUT2D eigenvalue weighted by atomic mass is 16.3. The van der Waals surface area contributed by atoms with Crippen LogP contribution < -0.4 is 0 Å². The van der Waals surface area contributed by atoms with Gasteiger partial charge in [-0.25, -0.2) is 4.98 Å². The second kappa shape index (κ2) is 2.63. The highest BCUT2D eigenvalue weighted by Gasteiger charge is 2.08. The van der Waals surface area contributed by atoms with Crippen LogP contribution in [0, 0.1) is 0 Å². The van der Waals surface area contributed by atoms with E-state index in [-0.39, 0.29) is 11.5 Å². The molecule has 3 aromatic rings. The van der Waals surface area contributed by atoms with Gasteiger partial charge in [-0.3, -0.25) is 0 Å². The molecule has 2 N–H and O–H groups in total. The van der Waals surface area contributed by atoms with Crippen LogP contribution in [0.4, 0.5) is 0 Å². The summed E-state index contributed by atoms with van der Waals surface area (Å²) < 4.78 is 1.79. The topological polar surface area (TPSA) is 57.8 Å². The third-order valence-electron chi connectivity index (χ3n) is 2.46. The molecule has 2 aromatic heterocycles. The Hall–Kier alpha value is -2.23. The molecule has 3 rings (SSSR count). The summed E-state index contributed by atoms with van der Waals surface area (Å²) >= 11 is 0. The molecule has 0 bridgehead atoms. The van der Waals surface area contributed by atoms with Gasteiger partial charge in [-0.2, -0.15) is 0 Å². The number of aromatic hydroxyl groups is 2. The van der Waals surface area contributed by atoms with Crippen molar-refractivity contribution in [2.45, 2.75) is 0 Å². The lowest BCUT2D eigenvalue weighted by Gasteiger charge is -2.05. The molecule has 1 aromatic carbocycles. The lowest BCUT2D eigenvalue weighted by Crippen LogP contribution is -1.89. The summed E-state index contributed by atoms with van der Waals surface area (Å²) in [5, 5.41) is 19.3. The first kappa shape index (κ1) is 8.11. The summed E-state index contributed by atoms with van der Waals surface area (Å²) in [5.41, 5.74) is 1.81. The van der Waals surface area contributed by atoms with Gasteiger partial charge in [0.25, 0.3) is 0 Å². The molecule has 4 nitrogen and oxygen atoms in total. The maximum atomic E-state index is 9.74. The minimum Gasteiger partial charge on any atom is -0.506 e. The van der Waals surface area contributed by atoms with E-state index in [4.69, 9.17) is 0 Å². The standard InChI is InChI=1S/C11H8N2O2/c14-8-3-4-9(15)11-10(8)12-6-7-2-1-5-13(7)11/h1-6,14-15H. The predicted octanol–water partition coefficient (Wildman–Crippen LogP) is 1.90. The highest BCUT2D eigenvalue weighted by Crippen LogP contribution is 2.30. The van der Waals surface area contributed by atoms with Crippen LogP contribution in [-0.4, -0.2) is 19.6 Å². The number of hydrogen-bond acceptors (Lipinski definition) is 3. The Bertz CT molecular complexity index is 658. The SMILES string of the molecule is Oc1ccc(O)c2c1ncc1cccn12. The Labute approximate surface area is 85.0 Å². The first-order valence-electron chi connectivity index (χ1n) is 4.54. The summed E-state index contributed by atoms with van der Waals surface area (Å²) in [6, 6.07) is 6.63. The van der Waals surface area contributed by atoms with Crippen LogP contribution in [0.3, 0.4) is 0 Å². The normalized spacial score (nSPS) is 11.2. The highest BCUT2D eigenvalue weighted by molar-refractivity contribution is 5.88. The van der Waals surface area contributed by atoms with Gasteiger partial charge in [-0.15, -0.1) is 0 Å². The first-order chi connectivity index (χ1) is 7.27. The van der Waals surface area contributed by atoms with E-state index >= 15 is 0 Å². The molecule has 0 radical (unpaired) electrons. The second-order valence-electron chi connectivity index (χ2n) is 3.36. The van der Waals surface area contributed by atoms with Gasteiger partial charge in [0.2, 0.25) is 0 Å². The summed E-state index contributed by atoms with van der Waals surface area (Å²) in [5.74, 6) is 0.176. The molecule has 2 heterocycles. The van der Waals surface area contributed by atoms with E-state index < -0.39 is 0 Å². The quantitative estimate of drug-likeness (QED) is 0.545. The van der Waals surface area contributed by atoms with Crippen LogP contribution in [0.2, 0.25) is 0 Å². The molecular weight excluding hydrogens is 192 g/mol. The van der Waals surface area contributed by atoms with Crippen LogP contribution in [0.15, 0.2) is 36.7 Å². The van der Waals surface area contributed by atoms with Crippen molar-refractivity contribution >= 4 is 16.6 Å². The first-order valence-corrected chi connectivity index (χ1v) is 4.54. The zero-order chi connectivity index (χ0) is 10.4. The molecule has 0 fully saturated rings. The van der Waals surface area contributed by atoms with Crippen LogP contribution >= 0.6 is 0 Å². The van der Waals surface area contributed by atoms with Crippen molar-refractivity contribution in [1.29, 1.82) is 0 Å². The van der Waals surface area contributed by atoms with E-state index in [1.54, 1.807) is 10.6 Å². The van der Waals surface area contributed by atoms with Gasteiger partial charge in [0, 0.05) is 6.20 Å². The number of phenolic OH excluding ortho intramolecular Hbond substituents is 2. The van der Waals surface area contributed by atoms with E-state index in [2.05, 4.69) is 4.98 Å². The predicted molar refractivity (Wildman–Crippen MR) is 56.0 cm³/mol. The van der Waals surface area contributed by atoms with Gasteiger partial charge in [0.15, 0.2) is 0 Å². The van der Waals surface area contributed by atoms with Gasteiger partial charge in [-0.1, -0.05) is 0 Å². The third-order valence-corrected chi connectivity index (χ3v) is 2.46. The maximum Gasteiger partial charge on any atom is 0.143 e. The number of rotatable bonds is 0. The van der Waals surface area contributed by atoms with Crippen molar-refractivity contribution in [3.63, 3.8) is 0 Å². The Morgan fingerprint density at radius 1 is 1.07 bits per heavy atom. The average Bonchev–Trinajstić information content (AvgIpc) is 2.70. The molecule has 0 spiro atoms. The zero-order valence-corrected chi connectivity index (χ0v) is 7.75. The zero-order valence-electron chi connectivity index (χ0n) is 7.75.